The van der Waals surface area contributed by atoms with Gasteiger partial charge in [-0.3, -0.25) is 4.79 Å². The standard InChI is InChI=1S/C11H19NO2/c13-4-3-12-11(14)7-10-6-8-1-2-9(10)5-8/h8-10,13H,1-7H2,(H,12,14). The van der Waals surface area contributed by atoms with E-state index in [9.17, 15) is 4.79 Å². The Hall–Kier alpha value is -0.570. The Morgan fingerprint density at radius 3 is 2.79 bits per heavy atom. The normalized spacial score (nSPS) is 34.8. The predicted molar refractivity (Wildman–Crippen MR) is 53.7 cm³/mol. The van der Waals surface area contributed by atoms with Crippen molar-refractivity contribution in [3.8, 4) is 0 Å². The van der Waals surface area contributed by atoms with E-state index in [-0.39, 0.29) is 12.5 Å². The van der Waals surface area contributed by atoms with Crippen LogP contribution in [-0.4, -0.2) is 24.2 Å². The summed E-state index contributed by atoms with van der Waals surface area (Å²) in [7, 11) is 0. The van der Waals surface area contributed by atoms with E-state index in [2.05, 4.69) is 5.32 Å². The van der Waals surface area contributed by atoms with Gasteiger partial charge in [-0.05, 0) is 37.0 Å². The number of carbonyl (C=O) groups is 1. The Balaban J connectivity index is 1.73. The average Bonchev–Trinajstić information content (AvgIpc) is 2.76. The molecule has 0 aromatic heterocycles. The van der Waals surface area contributed by atoms with Crippen molar-refractivity contribution in [3.63, 3.8) is 0 Å². The van der Waals surface area contributed by atoms with Gasteiger partial charge in [0.25, 0.3) is 0 Å². The number of nitrogens with one attached hydrogen (secondary N) is 1. The number of hydrogen-bond donors (Lipinski definition) is 2. The molecule has 3 unspecified atom stereocenters. The van der Waals surface area contributed by atoms with E-state index in [4.69, 9.17) is 5.11 Å². The van der Waals surface area contributed by atoms with Gasteiger partial charge in [0.05, 0.1) is 6.61 Å². The van der Waals surface area contributed by atoms with Crippen LogP contribution in [0.1, 0.15) is 32.1 Å². The SMILES string of the molecule is O=C(CC1CC2CCC1C2)NCCO. The van der Waals surface area contributed by atoms with Gasteiger partial charge in [0.1, 0.15) is 0 Å². The van der Waals surface area contributed by atoms with Crippen LogP contribution >= 0.6 is 0 Å². The number of amides is 1. The summed E-state index contributed by atoms with van der Waals surface area (Å²) < 4.78 is 0. The molecule has 0 aromatic carbocycles. The van der Waals surface area contributed by atoms with Crippen molar-refractivity contribution < 1.29 is 9.90 Å². The molecular formula is C11H19NO2. The van der Waals surface area contributed by atoms with E-state index in [1.54, 1.807) is 0 Å². The molecule has 3 atom stereocenters. The molecule has 14 heavy (non-hydrogen) atoms. The van der Waals surface area contributed by atoms with Crippen LogP contribution in [0.5, 0.6) is 0 Å². The first-order valence-corrected chi connectivity index (χ1v) is 5.67. The van der Waals surface area contributed by atoms with E-state index in [0.29, 0.717) is 18.9 Å². The molecule has 80 valence electrons. The molecule has 2 aliphatic rings. The van der Waals surface area contributed by atoms with Crippen molar-refractivity contribution in [3.05, 3.63) is 0 Å². The van der Waals surface area contributed by atoms with Gasteiger partial charge in [-0.15, -0.1) is 0 Å². The summed E-state index contributed by atoms with van der Waals surface area (Å²) in [5.74, 6) is 2.49. The summed E-state index contributed by atoms with van der Waals surface area (Å²) >= 11 is 0. The second-order valence-corrected chi connectivity index (χ2v) is 4.71. The van der Waals surface area contributed by atoms with E-state index in [1.165, 1.54) is 25.7 Å². The summed E-state index contributed by atoms with van der Waals surface area (Å²) in [5, 5.41) is 11.3. The third-order valence-electron chi connectivity index (χ3n) is 3.77. The van der Waals surface area contributed by atoms with Crippen molar-refractivity contribution in [1.82, 2.24) is 5.32 Å². The molecule has 0 aromatic rings. The van der Waals surface area contributed by atoms with Gasteiger partial charge in [0.15, 0.2) is 0 Å². The molecule has 0 aliphatic heterocycles. The highest BCUT2D eigenvalue weighted by Gasteiger charge is 2.39. The zero-order valence-electron chi connectivity index (χ0n) is 8.54. The summed E-state index contributed by atoms with van der Waals surface area (Å²) in [6.07, 6.45) is 6.03. The van der Waals surface area contributed by atoms with Crippen LogP contribution < -0.4 is 5.32 Å². The molecule has 0 saturated heterocycles. The van der Waals surface area contributed by atoms with Gasteiger partial charge in [-0.1, -0.05) is 6.42 Å². The lowest BCUT2D eigenvalue weighted by atomic mass is 9.86. The lowest BCUT2D eigenvalue weighted by molar-refractivity contribution is -0.122. The van der Waals surface area contributed by atoms with Crippen molar-refractivity contribution in [1.29, 1.82) is 0 Å². The first-order valence-electron chi connectivity index (χ1n) is 5.67. The molecule has 1 amide bonds. The van der Waals surface area contributed by atoms with Gasteiger partial charge < -0.3 is 10.4 Å². The number of carbonyl (C=O) groups excluding carboxylic acids is 1. The quantitative estimate of drug-likeness (QED) is 0.704. The van der Waals surface area contributed by atoms with Gasteiger partial charge in [-0.2, -0.15) is 0 Å². The fourth-order valence-corrected chi connectivity index (χ4v) is 3.13. The average molecular weight is 197 g/mol. The van der Waals surface area contributed by atoms with Crippen LogP contribution in [0.3, 0.4) is 0 Å². The predicted octanol–water partition coefficient (Wildman–Crippen LogP) is 0.921. The van der Waals surface area contributed by atoms with Crippen LogP contribution in [0, 0.1) is 17.8 Å². The second-order valence-electron chi connectivity index (χ2n) is 4.71. The molecule has 0 heterocycles. The molecule has 2 N–H and O–H groups in total. The molecule has 2 saturated carbocycles. The highest BCUT2D eigenvalue weighted by atomic mass is 16.3. The third-order valence-corrected chi connectivity index (χ3v) is 3.77. The zero-order chi connectivity index (χ0) is 9.97. The van der Waals surface area contributed by atoms with E-state index >= 15 is 0 Å². The Bertz CT molecular complexity index is 217. The minimum atomic E-state index is 0.0441. The highest BCUT2D eigenvalue weighted by molar-refractivity contribution is 5.76. The van der Waals surface area contributed by atoms with Crippen LogP contribution in [0.4, 0.5) is 0 Å². The van der Waals surface area contributed by atoms with Gasteiger partial charge in [-0.25, -0.2) is 0 Å². The summed E-state index contributed by atoms with van der Waals surface area (Å²) in [4.78, 5) is 11.4. The number of aliphatic hydroxyl groups is 1. The van der Waals surface area contributed by atoms with Crippen molar-refractivity contribution in [2.45, 2.75) is 32.1 Å². The molecule has 0 radical (unpaired) electrons. The molecule has 2 fully saturated rings. The Morgan fingerprint density at radius 1 is 1.36 bits per heavy atom. The Kier molecular flexibility index (Phi) is 3.06. The largest absolute Gasteiger partial charge is 0.395 e. The van der Waals surface area contributed by atoms with E-state index < -0.39 is 0 Å². The molecule has 3 nitrogen and oxygen atoms in total. The highest BCUT2D eigenvalue weighted by Crippen LogP contribution is 2.49. The second kappa shape index (κ2) is 4.30. The molecule has 2 aliphatic carbocycles. The fourth-order valence-electron chi connectivity index (χ4n) is 3.13. The summed E-state index contributed by atoms with van der Waals surface area (Å²) in [5.41, 5.74) is 0. The van der Waals surface area contributed by atoms with Crippen LogP contribution in [0.25, 0.3) is 0 Å². The Labute approximate surface area is 84.9 Å². The maximum absolute atomic E-state index is 11.4. The van der Waals surface area contributed by atoms with Gasteiger partial charge in [0, 0.05) is 13.0 Å². The molecule has 0 spiro atoms. The number of rotatable bonds is 4. The minimum absolute atomic E-state index is 0.0441. The molecule has 3 heteroatoms. The Morgan fingerprint density at radius 2 is 2.21 bits per heavy atom. The van der Waals surface area contributed by atoms with E-state index in [1.807, 2.05) is 0 Å². The number of aliphatic hydroxyl groups excluding tert-OH is 1. The fraction of sp³-hybridized carbons (Fsp3) is 0.909. The molecule has 2 bridgehead atoms. The van der Waals surface area contributed by atoms with Gasteiger partial charge in [0.2, 0.25) is 5.91 Å². The van der Waals surface area contributed by atoms with Crippen LogP contribution in [0.2, 0.25) is 0 Å². The molecule has 2 rings (SSSR count). The smallest absolute Gasteiger partial charge is 0.220 e. The summed E-state index contributed by atoms with van der Waals surface area (Å²) in [6, 6.07) is 0. The van der Waals surface area contributed by atoms with Crippen molar-refractivity contribution in [2.24, 2.45) is 17.8 Å². The van der Waals surface area contributed by atoms with E-state index in [0.717, 1.165) is 11.8 Å². The monoisotopic (exact) mass is 197 g/mol. The summed E-state index contributed by atoms with van der Waals surface area (Å²) in [6.45, 7) is 0.447. The lowest BCUT2D eigenvalue weighted by Gasteiger charge is -2.20. The lowest BCUT2D eigenvalue weighted by Crippen LogP contribution is -2.29. The topological polar surface area (TPSA) is 49.3 Å². The third kappa shape index (κ3) is 2.08. The van der Waals surface area contributed by atoms with Crippen molar-refractivity contribution in [2.75, 3.05) is 13.2 Å². The first-order chi connectivity index (χ1) is 6.79. The zero-order valence-corrected chi connectivity index (χ0v) is 8.54. The van der Waals surface area contributed by atoms with Gasteiger partial charge >= 0.3 is 0 Å². The minimum Gasteiger partial charge on any atom is -0.395 e. The molecular weight excluding hydrogens is 178 g/mol. The van der Waals surface area contributed by atoms with Crippen LogP contribution in [0.15, 0.2) is 0 Å². The van der Waals surface area contributed by atoms with Crippen LogP contribution in [-0.2, 0) is 4.79 Å². The first kappa shape index (κ1) is 9.97. The maximum atomic E-state index is 11.4. The maximum Gasteiger partial charge on any atom is 0.220 e. The van der Waals surface area contributed by atoms with Crippen molar-refractivity contribution >= 4 is 5.91 Å². The number of fused-ring (bicyclic) bond motifs is 2. The number of hydrogen-bond acceptors (Lipinski definition) is 2.